The van der Waals surface area contributed by atoms with Crippen molar-refractivity contribution in [2.24, 2.45) is 0 Å². The average Bonchev–Trinajstić information content (AvgIpc) is 3.22. The Bertz CT molecular complexity index is 1120. The van der Waals surface area contributed by atoms with Crippen molar-refractivity contribution in [1.29, 1.82) is 10.5 Å². The largest absolute Gasteiger partial charge is 0.383 e. The van der Waals surface area contributed by atoms with E-state index in [-0.39, 0.29) is 28.6 Å². The summed E-state index contributed by atoms with van der Waals surface area (Å²) in [6.45, 7) is 0. The van der Waals surface area contributed by atoms with Gasteiger partial charge in [-0.1, -0.05) is 30.0 Å². The number of pyridine rings is 1. The lowest BCUT2D eigenvalue weighted by molar-refractivity contribution is -0.113. The van der Waals surface area contributed by atoms with Gasteiger partial charge in [0.05, 0.1) is 17.0 Å². The molecule has 1 amide bonds. The zero-order valence-electron chi connectivity index (χ0n) is 14.3. The molecule has 138 valence electrons. The van der Waals surface area contributed by atoms with Crippen LogP contribution in [0.4, 0.5) is 11.5 Å². The van der Waals surface area contributed by atoms with Crippen molar-refractivity contribution in [3.8, 4) is 22.6 Å². The summed E-state index contributed by atoms with van der Waals surface area (Å²) in [5.74, 6) is -0.167. The SMILES string of the molecule is N#Cc1c(N)nc(SCC(=O)Nc2ccccc2Br)c(C#N)c1-c1cccs1. The number of benzene rings is 1. The number of hydrogen-bond acceptors (Lipinski definition) is 7. The molecule has 0 spiro atoms. The smallest absolute Gasteiger partial charge is 0.234 e. The van der Waals surface area contributed by atoms with Gasteiger partial charge < -0.3 is 11.1 Å². The molecule has 0 radical (unpaired) electrons. The molecule has 2 aromatic heterocycles. The number of nitrogens with two attached hydrogens (primary N) is 1. The van der Waals surface area contributed by atoms with Gasteiger partial charge in [0, 0.05) is 14.9 Å². The number of nitriles is 2. The van der Waals surface area contributed by atoms with Crippen LogP contribution in [0.3, 0.4) is 0 Å². The number of nitrogens with zero attached hydrogens (tertiary/aromatic N) is 3. The van der Waals surface area contributed by atoms with E-state index in [0.29, 0.717) is 16.3 Å². The van der Waals surface area contributed by atoms with Crippen molar-refractivity contribution in [3.63, 3.8) is 0 Å². The second-order valence-corrected chi connectivity index (χ2v) is 8.21. The first-order valence-corrected chi connectivity index (χ1v) is 10.6. The van der Waals surface area contributed by atoms with Crippen LogP contribution < -0.4 is 11.1 Å². The molecule has 3 rings (SSSR count). The molecule has 6 nitrogen and oxygen atoms in total. The molecule has 0 unspecified atom stereocenters. The number of thiophene rings is 1. The number of hydrogen-bond donors (Lipinski definition) is 2. The number of para-hydroxylation sites is 1. The van der Waals surface area contributed by atoms with E-state index < -0.39 is 0 Å². The van der Waals surface area contributed by atoms with Gasteiger partial charge in [-0.25, -0.2) is 4.98 Å². The Labute approximate surface area is 178 Å². The Hall–Kier alpha value is -2.85. The zero-order valence-corrected chi connectivity index (χ0v) is 17.5. The molecule has 0 aliphatic heterocycles. The molecule has 3 N–H and O–H groups in total. The Morgan fingerprint density at radius 1 is 1.21 bits per heavy atom. The van der Waals surface area contributed by atoms with Gasteiger partial charge in [0.2, 0.25) is 5.91 Å². The van der Waals surface area contributed by atoms with Gasteiger partial charge >= 0.3 is 0 Å². The molecule has 0 atom stereocenters. The number of nitrogen functional groups attached to an aromatic ring is 1. The summed E-state index contributed by atoms with van der Waals surface area (Å²) in [5.41, 5.74) is 7.48. The summed E-state index contributed by atoms with van der Waals surface area (Å²) in [6.07, 6.45) is 0. The van der Waals surface area contributed by atoms with Crippen LogP contribution in [0.2, 0.25) is 0 Å². The Balaban J connectivity index is 1.89. The summed E-state index contributed by atoms with van der Waals surface area (Å²) in [7, 11) is 0. The first-order chi connectivity index (χ1) is 13.5. The molecule has 0 saturated carbocycles. The maximum Gasteiger partial charge on any atom is 0.234 e. The van der Waals surface area contributed by atoms with Gasteiger partial charge in [0.15, 0.2) is 0 Å². The highest BCUT2D eigenvalue weighted by atomic mass is 79.9. The monoisotopic (exact) mass is 469 g/mol. The molecular weight excluding hydrogens is 458 g/mol. The summed E-state index contributed by atoms with van der Waals surface area (Å²) >= 11 is 5.88. The number of carbonyl (C=O) groups excluding carboxylic acids is 1. The zero-order chi connectivity index (χ0) is 20.1. The van der Waals surface area contributed by atoms with Gasteiger partial charge in [-0.3, -0.25) is 4.79 Å². The van der Waals surface area contributed by atoms with E-state index >= 15 is 0 Å². The van der Waals surface area contributed by atoms with E-state index in [2.05, 4.69) is 32.3 Å². The molecule has 0 fully saturated rings. The molecule has 0 bridgehead atoms. The molecule has 1 aromatic carbocycles. The first-order valence-electron chi connectivity index (χ1n) is 7.90. The van der Waals surface area contributed by atoms with E-state index in [4.69, 9.17) is 5.73 Å². The van der Waals surface area contributed by atoms with Crippen molar-refractivity contribution in [1.82, 2.24) is 4.98 Å². The van der Waals surface area contributed by atoms with Gasteiger partial charge in [0.1, 0.15) is 28.5 Å². The summed E-state index contributed by atoms with van der Waals surface area (Å²) < 4.78 is 0.770. The van der Waals surface area contributed by atoms with E-state index in [9.17, 15) is 15.3 Å². The van der Waals surface area contributed by atoms with Crippen LogP contribution in [0, 0.1) is 22.7 Å². The summed E-state index contributed by atoms with van der Waals surface area (Å²) in [4.78, 5) is 17.3. The molecular formula is C19H12BrN5OS2. The van der Waals surface area contributed by atoms with Crippen molar-refractivity contribution in [2.75, 3.05) is 16.8 Å². The standard InChI is InChI=1S/C19H12BrN5OS2/c20-13-4-1-2-5-14(13)24-16(26)10-28-19-12(9-22)17(15-6-3-7-27-15)11(8-21)18(23)25-19/h1-7H,10H2,(H2,23,25)(H,24,26). The Kier molecular flexibility index (Phi) is 6.32. The predicted octanol–water partition coefficient (Wildman–Crippen LogP) is 4.63. The molecule has 3 aromatic rings. The number of aromatic nitrogens is 1. The number of halogens is 1. The van der Waals surface area contributed by atoms with E-state index in [1.165, 1.54) is 11.3 Å². The normalized spacial score (nSPS) is 10.1. The Morgan fingerprint density at radius 3 is 2.61 bits per heavy atom. The fraction of sp³-hybridized carbons (Fsp3) is 0.0526. The van der Waals surface area contributed by atoms with Crippen LogP contribution in [-0.2, 0) is 4.79 Å². The van der Waals surface area contributed by atoms with Crippen molar-refractivity contribution < 1.29 is 4.79 Å². The average molecular weight is 470 g/mol. The number of anilines is 2. The van der Waals surface area contributed by atoms with Gasteiger partial charge in [-0.2, -0.15) is 10.5 Å². The lowest BCUT2D eigenvalue weighted by atomic mass is 10.0. The maximum atomic E-state index is 12.3. The van der Waals surface area contributed by atoms with Crippen molar-refractivity contribution in [3.05, 3.63) is 57.4 Å². The first kappa shape index (κ1) is 19.9. The van der Waals surface area contributed by atoms with E-state index in [1.807, 2.05) is 41.8 Å². The Morgan fingerprint density at radius 2 is 1.96 bits per heavy atom. The molecule has 28 heavy (non-hydrogen) atoms. The number of thioether (sulfide) groups is 1. The molecule has 2 heterocycles. The minimum Gasteiger partial charge on any atom is -0.383 e. The predicted molar refractivity (Wildman–Crippen MR) is 115 cm³/mol. The number of rotatable bonds is 5. The highest BCUT2D eigenvalue weighted by molar-refractivity contribution is 9.10. The number of carbonyl (C=O) groups is 1. The van der Waals surface area contributed by atoms with E-state index in [1.54, 1.807) is 6.07 Å². The molecule has 0 saturated heterocycles. The fourth-order valence-electron chi connectivity index (χ4n) is 2.45. The molecule has 9 heteroatoms. The third kappa shape index (κ3) is 4.18. The van der Waals surface area contributed by atoms with Crippen LogP contribution in [-0.4, -0.2) is 16.6 Å². The van der Waals surface area contributed by atoms with Gasteiger partial charge in [-0.05, 0) is 39.5 Å². The van der Waals surface area contributed by atoms with Gasteiger partial charge in [-0.15, -0.1) is 11.3 Å². The van der Waals surface area contributed by atoms with Crippen molar-refractivity contribution >= 4 is 56.4 Å². The lowest BCUT2D eigenvalue weighted by Crippen LogP contribution is -2.15. The maximum absolute atomic E-state index is 12.3. The second-order valence-electron chi connectivity index (χ2n) is 5.44. The van der Waals surface area contributed by atoms with Crippen LogP contribution in [0.15, 0.2) is 51.3 Å². The highest BCUT2D eigenvalue weighted by Gasteiger charge is 2.21. The van der Waals surface area contributed by atoms with Gasteiger partial charge in [0.25, 0.3) is 0 Å². The number of nitrogens with one attached hydrogen (secondary N) is 1. The lowest BCUT2D eigenvalue weighted by Gasteiger charge is -2.12. The summed E-state index contributed by atoms with van der Waals surface area (Å²) in [6, 6.07) is 15.1. The topological polar surface area (TPSA) is 116 Å². The summed E-state index contributed by atoms with van der Waals surface area (Å²) in [5, 5.41) is 24.1. The molecule has 0 aliphatic carbocycles. The minimum absolute atomic E-state index is 0.0399. The van der Waals surface area contributed by atoms with Crippen LogP contribution in [0.5, 0.6) is 0 Å². The second kappa shape index (κ2) is 8.89. The van der Waals surface area contributed by atoms with Crippen LogP contribution in [0.25, 0.3) is 10.4 Å². The highest BCUT2D eigenvalue weighted by Crippen LogP contribution is 2.37. The quantitative estimate of drug-likeness (QED) is 0.526. The molecule has 0 aliphatic rings. The van der Waals surface area contributed by atoms with E-state index in [0.717, 1.165) is 21.1 Å². The van der Waals surface area contributed by atoms with Crippen LogP contribution >= 0.6 is 39.0 Å². The third-order valence-electron chi connectivity index (χ3n) is 3.67. The third-order valence-corrected chi connectivity index (χ3v) is 6.23. The minimum atomic E-state index is -0.247. The number of amides is 1. The fourth-order valence-corrected chi connectivity index (χ4v) is 4.41. The van der Waals surface area contributed by atoms with Crippen molar-refractivity contribution in [2.45, 2.75) is 5.03 Å². The van der Waals surface area contributed by atoms with Crippen LogP contribution in [0.1, 0.15) is 11.1 Å².